The minimum absolute atomic E-state index is 0.0372. The topological polar surface area (TPSA) is 132 Å². The molecule has 2 N–H and O–H groups in total. The molecule has 0 bridgehead atoms. The molecule has 52 heavy (non-hydrogen) atoms. The summed E-state index contributed by atoms with van der Waals surface area (Å²) in [5.74, 6) is -1.32. The number of hydrogen-bond acceptors (Lipinski definition) is 8. The molecular formula is C39H46FN5O7. The summed E-state index contributed by atoms with van der Waals surface area (Å²) in [6.07, 6.45) is -0.484. The number of morpholine rings is 1. The molecule has 13 heteroatoms. The van der Waals surface area contributed by atoms with Crippen molar-refractivity contribution in [1.82, 2.24) is 14.7 Å². The number of hydrogen-bond donors (Lipinski definition) is 2. The van der Waals surface area contributed by atoms with Crippen LogP contribution in [0.2, 0.25) is 0 Å². The first-order valence-electron chi connectivity index (χ1n) is 17.6. The number of carbonyl (C=O) groups excluding carboxylic acids is 3. The number of anilines is 2. The summed E-state index contributed by atoms with van der Waals surface area (Å²) in [5, 5.41) is 12.9. The van der Waals surface area contributed by atoms with E-state index in [0.717, 1.165) is 17.7 Å². The zero-order valence-electron chi connectivity index (χ0n) is 30.0. The zero-order valence-corrected chi connectivity index (χ0v) is 30.0. The van der Waals surface area contributed by atoms with Gasteiger partial charge in [0.2, 0.25) is 11.8 Å². The van der Waals surface area contributed by atoms with E-state index in [-0.39, 0.29) is 55.4 Å². The molecule has 0 aromatic heterocycles. The van der Waals surface area contributed by atoms with Gasteiger partial charge in [-0.2, -0.15) is 0 Å². The van der Waals surface area contributed by atoms with Crippen LogP contribution in [0.15, 0.2) is 66.7 Å². The van der Waals surface area contributed by atoms with Crippen LogP contribution in [0.25, 0.3) is 0 Å². The normalized spacial score (nSPS) is 23.6. The highest BCUT2D eigenvalue weighted by atomic mass is 19.1. The van der Waals surface area contributed by atoms with Crippen molar-refractivity contribution in [2.45, 2.75) is 50.7 Å². The molecular weight excluding hydrogens is 669 g/mol. The van der Waals surface area contributed by atoms with Crippen LogP contribution in [0.1, 0.15) is 47.8 Å². The van der Waals surface area contributed by atoms with Crippen LogP contribution in [0, 0.1) is 5.82 Å². The van der Waals surface area contributed by atoms with Crippen molar-refractivity contribution >= 4 is 35.3 Å². The first-order valence-corrected chi connectivity index (χ1v) is 17.6. The lowest BCUT2D eigenvalue weighted by Crippen LogP contribution is -2.64. The quantitative estimate of drug-likeness (QED) is 0.313. The molecule has 4 atom stereocenters. The van der Waals surface area contributed by atoms with Gasteiger partial charge in [-0.15, -0.1) is 0 Å². The van der Waals surface area contributed by atoms with E-state index in [4.69, 9.17) is 9.47 Å². The lowest BCUT2D eigenvalue weighted by Gasteiger charge is -2.47. The maximum Gasteiger partial charge on any atom is 0.407 e. The second-order valence-electron chi connectivity index (χ2n) is 14.3. The Morgan fingerprint density at radius 1 is 0.962 bits per heavy atom. The molecule has 276 valence electrons. The number of halogens is 1. The Morgan fingerprint density at radius 3 is 2.35 bits per heavy atom. The fraction of sp³-hybridized carbons (Fsp3) is 0.436. The summed E-state index contributed by atoms with van der Waals surface area (Å²) in [4.78, 5) is 60.2. The first kappa shape index (κ1) is 36.9. The molecule has 1 unspecified atom stereocenters. The van der Waals surface area contributed by atoms with Gasteiger partial charge in [0.15, 0.2) is 0 Å². The van der Waals surface area contributed by atoms with Crippen molar-refractivity contribution in [3.8, 4) is 0 Å². The molecule has 2 saturated heterocycles. The van der Waals surface area contributed by atoms with Gasteiger partial charge in [0, 0.05) is 62.2 Å². The lowest BCUT2D eigenvalue weighted by atomic mass is 9.83. The summed E-state index contributed by atoms with van der Waals surface area (Å²) < 4.78 is 24.1. The third kappa shape index (κ3) is 7.81. The van der Waals surface area contributed by atoms with E-state index >= 15 is 0 Å². The van der Waals surface area contributed by atoms with Gasteiger partial charge in [0.25, 0.3) is 0 Å². The molecule has 6 rings (SSSR count). The van der Waals surface area contributed by atoms with Crippen LogP contribution >= 0.6 is 0 Å². The molecule has 0 spiro atoms. The van der Waals surface area contributed by atoms with E-state index in [1.807, 2.05) is 32.0 Å². The lowest BCUT2D eigenvalue weighted by molar-refractivity contribution is -0.122. The number of benzene rings is 3. The first-order chi connectivity index (χ1) is 24.9. The average Bonchev–Trinajstić information content (AvgIpc) is 3.43. The second-order valence-corrected chi connectivity index (χ2v) is 14.3. The van der Waals surface area contributed by atoms with E-state index in [9.17, 15) is 28.7 Å². The molecule has 0 radical (unpaired) electrons. The summed E-state index contributed by atoms with van der Waals surface area (Å²) in [7, 11) is 1.30. The number of piperazine rings is 1. The van der Waals surface area contributed by atoms with E-state index in [0.29, 0.717) is 55.2 Å². The number of esters is 1. The molecule has 3 amide bonds. The number of amides is 3. The summed E-state index contributed by atoms with van der Waals surface area (Å²) >= 11 is 0. The highest BCUT2D eigenvalue weighted by Gasteiger charge is 2.47. The largest absolute Gasteiger partial charge is 0.465 e. The molecule has 0 aliphatic carbocycles. The monoisotopic (exact) mass is 715 g/mol. The number of methoxy groups -OCH3 is 1. The van der Waals surface area contributed by atoms with Gasteiger partial charge in [-0.1, -0.05) is 24.3 Å². The van der Waals surface area contributed by atoms with Crippen molar-refractivity contribution in [2.24, 2.45) is 0 Å². The molecule has 3 aromatic carbocycles. The van der Waals surface area contributed by atoms with Gasteiger partial charge < -0.3 is 29.7 Å². The predicted octanol–water partition coefficient (Wildman–Crippen LogP) is 4.22. The van der Waals surface area contributed by atoms with Crippen molar-refractivity contribution < 1.29 is 38.1 Å². The number of carboxylic acid groups (broad SMARTS) is 1. The van der Waals surface area contributed by atoms with E-state index in [2.05, 4.69) is 22.0 Å². The smallest absolute Gasteiger partial charge is 0.407 e. The van der Waals surface area contributed by atoms with Crippen LogP contribution in [-0.2, 0) is 30.9 Å². The summed E-state index contributed by atoms with van der Waals surface area (Å²) in [5.41, 5.74) is 2.83. The van der Waals surface area contributed by atoms with Crippen LogP contribution in [-0.4, -0.2) is 121 Å². The standard InChI is InChI=1S/C39H46FN5O7/c1-25-19-43(32(21-44(25)38(49)50)20-42-15-16-52-23-26(42)2)22-35(46)45-24-39(3,37(48)41-31-12-8-29(9-13-31)36(47)51-4)33-14-7-28(18-34(33)45)17-27-5-10-30(40)11-6-27/h5-14,18,25-26,32H,15-17,19-24H2,1-4H3,(H,41,48)(H,49,50)/t25-,26-,32+,39?/m1/s1. The summed E-state index contributed by atoms with van der Waals surface area (Å²) in [6.45, 7) is 9.00. The van der Waals surface area contributed by atoms with Crippen molar-refractivity contribution in [1.29, 1.82) is 0 Å². The molecule has 3 aliphatic rings. The number of carbonyl (C=O) groups is 4. The Hall–Kier alpha value is -4.85. The van der Waals surface area contributed by atoms with E-state index in [1.165, 1.54) is 24.1 Å². The van der Waals surface area contributed by atoms with Crippen LogP contribution in [0.5, 0.6) is 0 Å². The van der Waals surface area contributed by atoms with E-state index in [1.54, 1.807) is 41.3 Å². The SMILES string of the molecule is COC(=O)c1ccc(NC(=O)C2(C)CN(C(=O)CN3C[C@@H](C)N(C(=O)O)C[C@@H]3CN3CCOC[C@H]3C)c3cc(Cc4ccc(F)cc4)ccc32)cc1. The Bertz CT molecular complexity index is 1810. The molecule has 3 aromatic rings. The molecule has 3 heterocycles. The van der Waals surface area contributed by atoms with Crippen LogP contribution in [0.3, 0.4) is 0 Å². The van der Waals surface area contributed by atoms with Gasteiger partial charge in [-0.25, -0.2) is 14.0 Å². The maximum atomic E-state index is 14.5. The van der Waals surface area contributed by atoms with Gasteiger partial charge in [-0.05, 0) is 86.3 Å². The van der Waals surface area contributed by atoms with Gasteiger partial charge >= 0.3 is 12.1 Å². The van der Waals surface area contributed by atoms with Crippen molar-refractivity contribution in [3.05, 3.63) is 94.8 Å². The Kier molecular flexibility index (Phi) is 10.9. The second kappa shape index (κ2) is 15.4. The Balaban J connectivity index is 1.28. The fourth-order valence-electron chi connectivity index (χ4n) is 7.50. The number of fused-ring (bicyclic) bond motifs is 1. The summed E-state index contributed by atoms with van der Waals surface area (Å²) in [6, 6.07) is 18.0. The molecule has 12 nitrogen and oxygen atoms in total. The third-order valence-corrected chi connectivity index (χ3v) is 10.6. The predicted molar refractivity (Wildman–Crippen MR) is 193 cm³/mol. The van der Waals surface area contributed by atoms with Gasteiger partial charge in [0.05, 0.1) is 37.8 Å². The van der Waals surface area contributed by atoms with Crippen molar-refractivity contribution in [2.75, 3.05) is 69.8 Å². The number of nitrogens with zero attached hydrogens (tertiary/aromatic N) is 4. The average molecular weight is 716 g/mol. The Morgan fingerprint density at radius 2 is 1.67 bits per heavy atom. The van der Waals surface area contributed by atoms with Crippen LogP contribution < -0.4 is 10.2 Å². The zero-order chi connectivity index (χ0) is 37.2. The number of rotatable bonds is 9. The maximum absolute atomic E-state index is 14.5. The highest BCUT2D eigenvalue weighted by Crippen LogP contribution is 2.43. The van der Waals surface area contributed by atoms with Crippen molar-refractivity contribution in [3.63, 3.8) is 0 Å². The number of nitrogens with one attached hydrogen (secondary N) is 1. The van der Waals surface area contributed by atoms with Crippen LogP contribution in [0.4, 0.5) is 20.6 Å². The minimum atomic E-state index is -1.13. The van der Waals surface area contributed by atoms with E-state index < -0.39 is 17.5 Å². The third-order valence-electron chi connectivity index (χ3n) is 10.6. The minimum Gasteiger partial charge on any atom is -0.465 e. The Labute approximate surface area is 303 Å². The molecule has 0 saturated carbocycles. The fourth-order valence-corrected chi connectivity index (χ4v) is 7.50. The molecule has 3 aliphatic heterocycles. The molecule has 2 fully saturated rings. The van der Waals surface area contributed by atoms with Gasteiger partial charge in [-0.3, -0.25) is 19.4 Å². The van der Waals surface area contributed by atoms with Gasteiger partial charge in [0.1, 0.15) is 5.82 Å². The number of ether oxygens (including phenoxy) is 2. The highest BCUT2D eigenvalue weighted by molar-refractivity contribution is 6.07.